The highest BCUT2D eigenvalue weighted by Crippen LogP contribution is 2.26. The van der Waals surface area contributed by atoms with Crippen LogP contribution in [0.1, 0.15) is 35.2 Å². The maximum absolute atomic E-state index is 12.2. The monoisotopic (exact) mass is 227 g/mol. The number of carbonyl (C=O) groups excluding carboxylic acids is 1. The fraction of sp³-hybridized carbons (Fsp3) is 0.400. The van der Waals surface area contributed by atoms with Crippen molar-refractivity contribution >= 4 is 5.78 Å². The zero-order chi connectivity index (χ0) is 11.7. The number of ketones is 1. The van der Waals surface area contributed by atoms with Gasteiger partial charge in [-0.05, 0) is 24.8 Å². The number of Topliss-reactive ketones (excluding diaryl/α,β-unsaturated/α-hetero) is 1. The standard InChI is InChI=1S/C15H17NO/c17-15-13(11-16-8-4-1-5-9-16)10-12-6-2-3-7-14(12)15/h2-3,6-7,11H,1,4-5,8-10H2. The number of allylic oxidation sites excluding steroid dienone is 1. The number of benzene rings is 1. The summed E-state index contributed by atoms with van der Waals surface area (Å²) >= 11 is 0. The summed E-state index contributed by atoms with van der Waals surface area (Å²) in [6.45, 7) is 2.21. The maximum Gasteiger partial charge on any atom is 0.191 e. The van der Waals surface area contributed by atoms with Crippen molar-refractivity contribution in [2.24, 2.45) is 0 Å². The number of hydrogen-bond acceptors (Lipinski definition) is 2. The predicted octanol–water partition coefficient (Wildman–Crippen LogP) is 2.80. The minimum absolute atomic E-state index is 0.228. The number of piperidine rings is 1. The quantitative estimate of drug-likeness (QED) is 0.688. The van der Waals surface area contributed by atoms with Crippen molar-refractivity contribution in [3.8, 4) is 0 Å². The first kappa shape index (κ1) is 10.6. The van der Waals surface area contributed by atoms with E-state index in [1.165, 1.54) is 24.8 Å². The fourth-order valence-corrected chi connectivity index (χ4v) is 2.73. The van der Waals surface area contributed by atoms with Gasteiger partial charge >= 0.3 is 0 Å². The Hall–Kier alpha value is -1.57. The molecule has 0 N–H and O–H groups in total. The van der Waals surface area contributed by atoms with Crippen molar-refractivity contribution in [1.82, 2.24) is 4.90 Å². The van der Waals surface area contributed by atoms with Crippen LogP contribution in [-0.2, 0) is 6.42 Å². The van der Waals surface area contributed by atoms with Gasteiger partial charge in [-0.25, -0.2) is 0 Å². The van der Waals surface area contributed by atoms with E-state index in [0.29, 0.717) is 0 Å². The van der Waals surface area contributed by atoms with Crippen LogP contribution < -0.4 is 0 Å². The first-order valence-corrected chi connectivity index (χ1v) is 6.42. The van der Waals surface area contributed by atoms with Gasteiger partial charge in [0.25, 0.3) is 0 Å². The lowest BCUT2D eigenvalue weighted by Gasteiger charge is -2.25. The molecule has 2 aliphatic rings. The van der Waals surface area contributed by atoms with Crippen LogP contribution in [0.4, 0.5) is 0 Å². The molecule has 1 saturated heterocycles. The molecule has 0 spiro atoms. The molecule has 2 heteroatoms. The van der Waals surface area contributed by atoms with E-state index in [1.54, 1.807) is 0 Å². The number of fused-ring (bicyclic) bond motifs is 1. The average Bonchev–Trinajstić information content (AvgIpc) is 2.68. The number of nitrogens with zero attached hydrogens (tertiary/aromatic N) is 1. The Morgan fingerprint density at radius 3 is 2.59 bits per heavy atom. The molecule has 1 fully saturated rings. The summed E-state index contributed by atoms with van der Waals surface area (Å²) in [6, 6.07) is 7.95. The largest absolute Gasteiger partial charge is 0.377 e. The van der Waals surface area contributed by atoms with Crippen LogP contribution in [-0.4, -0.2) is 23.8 Å². The SMILES string of the molecule is O=C1C(=CN2CCCCC2)Cc2ccccc21. The predicted molar refractivity (Wildman–Crippen MR) is 68.0 cm³/mol. The lowest BCUT2D eigenvalue weighted by molar-refractivity contribution is 0.103. The molecule has 0 unspecified atom stereocenters. The first-order chi connectivity index (χ1) is 8.34. The van der Waals surface area contributed by atoms with Crippen LogP contribution in [0.5, 0.6) is 0 Å². The van der Waals surface area contributed by atoms with Gasteiger partial charge in [0.2, 0.25) is 0 Å². The third-order valence-electron chi connectivity index (χ3n) is 3.66. The Morgan fingerprint density at radius 2 is 1.82 bits per heavy atom. The summed E-state index contributed by atoms with van der Waals surface area (Å²) in [4.78, 5) is 14.5. The van der Waals surface area contributed by atoms with Crippen LogP contribution in [0.25, 0.3) is 0 Å². The van der Waals surface area contributed by atoms with Crippen molar-refractivity contribution in [2.75, 3.05) is 13.1 Å². The third kappa shape index (κ3) is 1.99. The van der Waals surface area contributed by atoms with Crippen molar-refractivity contribution in [3.05, 3.63) is 47.2 Å². The van der Waals surface area contributed by atoms with Crippen molar-refractivity contribution < 1.29 is 4.79 Å². The van der Waals surface area contributed by atoms with Gasteiger partial charge in [-0.1, -0.05) is 24.3 Å². The molecule has 1 aromatic carbocycles. The first-order valence-electron chi connectivity index (χ1n) is 6.42. The molecule has 0 radical (unpaired) electrons. The zero-order valence-electron chi connectivity index (χ0n) is 9.98. The molecule has 0 bridgehead atoms. The fourth-order valence-electron chi connectivity index (χ4n) is 2.73. The molecule has 2 nitrogen and oxygen atoms in total. The van der Waals surface area contributed by atoms with E-state index in [4.69, 9.17) is 0 Å². The summed E-state index contributed by atoms with van der Waals surface area (Å²) in [6.07, 6.45) is 6.75. The molecule has 0 atom stereocenters. The highest BCUT2D eigenvalue weighted by Gasteiger charge is 2.24. The van der Waals surface area contributed by atoms with Gasteiger partial charge in [0, 0.05) is 36.8 Å². The highest BCUT2D eigenvalue weighted by atomic mass is 16.1. The maximum atomic E-state index is 12.2. The number of hydrogen-bond donors (Lipinski definition) is 0. The van der Waals surface area contributed by atoms with E-state index in [2.05, 4.69) is 17.2 Å². The molecule has 1 aliphatic carbocycles. The number of rotatable bonds is 1. The van der Waals surface area contributed by atoms with Gasteiger partial charge < -0.3 is 4.90 Å². The van der Waals surface area contributed by atoms with E-state index in [0.717, 1.165) is 30.6 Å². The minimum Gasteiger partial charge on any atom is -0.377 e. The molecule has 0 amide bonds. The molecule has 17 heavy (non-hydrogen) atoms. The van der Waals surface area contributed by atoms with Crippen LogP contribution >= 0.6 is 0 Å². The summed E-state index contributed by atoms with van der Waals surface area (Å²) < 4.78 is 0. The van der Waals surface area contributed by atoms with Crippen LogP contribution in [0.15, 0.2) is 36.0 Å². The lowest BCUT2D eigenvalue weighted by atomic mass is 10.1. The Bertz CT molecular complexity index is 470. The molecule has 88 valence electrons. The molecule has 0 aromatic heterocycles. The summed E-state index contributed by atoms with van der Waals surface area (Å²) in [5, 5.41) is 0. The van der Waals surface area contributed by atoms with Crippen LogP contribution in [0.2, 0.25) is 0 Å². The molecular weight excluding hydrogens is 210 g/mol. The second-order valence-corrected chi connectivity index (χ2v) is 4.91. The topological polar surface area (TPSA) is 20.3 Å². The normalized spacial score (nSPS) is 22.0. The Balaban J connectivity index is 1.83. The van der Waals surface area contributed by atoms with Gasteiger partial charge in [0.05, 0.1) is 0 Å². The zero-order valence-corrected chi connectivity index (χ0v) is 9.98. The second kappa shape index (κ2) is 4.36. The molecule has 1 aromatic rings. The second-order valence-electron chi connectivity index (χ2n) is 4.91. The van der Waals surface area contributed by atoms with Gasteiger partial charge in [0.1, 0.15) is 0 Å². The summed E-state index contributed by atoms with van der Waals surface area (Å²) in [7, 11) is 0. The third-order valence-corrected chi connectivity index (χ3v) is 3.66. The number of carbonyl (C=O) groups is 1. The highest BCUT2D eigenvalue weighted by molar-refractivity contribution is 6.13. The molecular formula is C15H17NO. The summed E-state index contributed by atoms with van der Waals surface area (Å²) in [5.74, 6) is 0.228. The average molecular weight is 227 g/mol. The van der Waals surface area contributed by atoms with Gasteiger partial charge in [-0.2, -0.15) is 0 Å². The van der Waals surface area contributed by atoms with E-state index < -0.39 is 0 Å². The molecule has 0 saturated carbocycles. The van der Waals surface area contributed by atoms with Crippen molar-refractivity contribution in [3.63, 3.8) is 0 Å². The van der Waals surface area contributed by atoms with Gasteiger partial charge in [0.15, 0.2) is 5.78 Å². The van der Waals surface area contributed by atoms with Crippen molar-refractivity contribution in [2.45, 2.75) is 25.7 Å². The van der Waals surface area contributed by atoms with Crippen molar-refractivity contribution in [1.29, 1.82) is 0 Å². The Labute approximate surface area is 102 Å². The Kier molecular flexibility index (Phi) is 2.71. The smallest absolute Gasteiger partial charge is 0.191 e. The Morgan fingerprint density at radius 1 is 1.06 bits per heavy atom. The van der Waals surface area contributed by atoms with E-state index in [1.807, 2.05) is 18.2 Å². The minimum atomic E-state index is 0.228. The lowest BCUT2D eigenvalue weighted by Crippen LogP contribution is -2.25. The van der Waals surface area contributed by atoms with Crippen LogP contribution in [0.3, 0.4) is 0 Å². The molecule has 1 heterocycles. The van der Waals surface area contributed by atoms with Gasteiger partial charge in [-0.15, -0.1) is 0 Å². The van der Waals surface area contributed by atoms with Gasteiger partial charge in [-0.3, -0.25) is 4.79 Å². The van der Waals surface area contributed by atoms with E-state index >= 15 is 0 Å². The van der Waals surface area contributed by atoms with Crippen LogP contribution in [0, 0.1) is 0 Å². The summed E-state index contributed by atoms with van der Waals surface area (Å²) in [5.41, 5.74) is 3.05. The van der Waals surface area contributed by atoms with E-state index in [9.17, 15) is 4.79 Å². The van der Waals surface area contributed by atoms with E-state index in [-0.39, 0.29) is 5.78 Å². The molecule has 1 aliphatic heterocycles. The number of likely N-dealkylation sites (tertiary alicyclic amines) is 1. The molecule has 3 rings (SSSR count).